The first kappa shape index (κ1) is 28.9. The van der Waals surface area contributed by atoms with Gasteiger partial charge >= 0.3 is 18.2 Å². The van der Waals surface area contributed by atoms with Crippen LogP contribution in [0.4, 0.5) is 9.59 Å². The molecule has 2 rings (SSSR count). The summed E-state index contributed by atoms with van der Waals surface area (Å²) < 4.78 is 9.84. The number of carbonyl (C=O) groups is 4. The summed E-state index contributed by atoms with van der Waals surface area (Å²) in [5.74, 6) is -1.46. The molecule has 3 N–H and O–H groups in total. The van der Waals surface area contributed by atoms with E-state index in [1.807, 2.05) is 60.7 Å². The second-order valence-corrected chi connectivity index (χ2v) is 7.21. The molecule has 0 radical (unpaired) electrons. The molecule has 2 aromatic rings. The zero-order chi connectivity index (χ0) is 26.2. The van der Waals surface area contributed by atoms with Gasteiger partial charge in [0.2, 0.25) is 0 Å². The number of hydroxylamine groups is 2. The summed E-state index contributed by atoms with van der Waals surface area (Å²) in [7, 11) is 2.84. The number of alkyl carbamates (subject to hydrolysis) is 2. The minimum Gasteiger partial charge on any atom is -0.480 e. The molecule has 0 aliphatic carbocycles. The molecule has 0 bridgehead atoms. The average Bonchev–Trinajstić information content (AvgIpc) is 2.86. The van der Waals surface area contributed by atoms with E-state index in [9.17, 15) is 19.2 Å². The summed E-state index contributed by atoms with van der Waals surface area (Å²) >= 11 is 0. The summed E-state index contributed by atoms with van der Waals surface area (Å²) in [6.07, 6.45) is -1.38. The first-order chi connectivity index (χ1) is 16.6. The zero-order valence-corrected chi connectivity index (χ0v) is 20.1. The number of hydrogen-bond donors (Lipinski definition) is 3. The summed E-state index contributed by atoms with van der Waals surface area (Å²) in [4.78, 5) is 49.4. The Kier molecular flexibility index (Phi) is 12.9. The van der Waals surface area contributed by atoms with Crippen molar-refractivity contribution >= 4 is 24.1 Å². The number of benzene rings is 2. The van der Waals surface area contributed by atoms with Crippen molar-refractivity contribution in [1.29, 1.82) is 0 Å². The van der Waals surface area contributed by atoms with Crippen LogP contribution in [0.3, 0.4) is 0 Å². The average molecular weight is 490 g/mol. The molecule has 0 aromatic heterocycles. The predicted octanol–water partition coefficient (Wildman–Crippen LogP) is 2.71. The van der Waals surface area contributed by atoms with Crippen LogP contribution in [0.5, 0.6) is 0 Å². The molecule has 190 valence electrons. The monoisotopic (exact) mass is 489 g/mol. The third-order valence-electron chi connectivity index (χ3n) is 4.42. The van der Waals surface area contributed by atoms with Crippen molar-refractivity contribution in [3.63, 3.8) is 0 Å². The van der Waals surface area contributed by atoms with Crippen molar-refractivity contribution in [3.05, 3.63) is 71.8 Å². The Morgan fingerprint density at radius 1 is 0.800 bits per heavy atom. The maximum absolute atomic E-state index is 11.6. The molecule has 0 saturated carbocycles. The number of rotatable bonds is 9. The quantitative estimate of drug-likeness (QED) is 0.456. The molecular formula is C24H31N3O8. The van der Waals surface area contributed by atoms with Gasteiger partial charge in [0, 0.05) is 7.05 Å². The first-order valence-corrected chi connectivity index (χ1v) is 10.6. The van der Waals surface area contributed by atoms with E-state index in [4.69, 9.17) is 19.4 Å². The summed E-state index contributed by atoms with van der Waals surface area (Å²) in [5.41, 5.74) is 1.73. The predicted molar refractivity (Wildman–Crippen MR) is 126 cm³/mol. The van der Waals surface area contributed by atoms with E-state index in [2.05, 4.69) is 10.6 Å². The highest BCUT2D eigenvalue weighted by molar-refractivity contribution is 5.84. The van der Waals surface area contributed by atoms with Crippen LogP contribution in [-0.4, -0.2) is 60.5 Å². The smallest absolute Gasteiger partial charge is 0.408 e. The van der Waals surface area contributed by atoms with Crippen molar-refractivity contribution in [1.82, 2.24) is 15.7 Å². The third-order valence-corrected chi connectivity index (χ3v) is 4.42. The SMILES string of the molecule is CON(C)C(=O)[C@@H](C)NC(=O)OCc1ccccc1.C[C@@H](NC(=O)OCc1ccccc1)C(=O)O. The maximum atomic E-state index is 11.6. The molecule has 0 aliphatic heterocycles. The topological polar surface area (TPSA) is 144 Å². The van der Waals surface area contributed by atoms with Gasteiger partial charge in [0.15, 0.2) is 0 Å². The minimum absolute atomic E-state index is 0.124. The Balaban J connectivity index is 0.000000355. The Bertz CT molecular complexity index is 940. The first-order valence-electron chi connectivity index (χ1n) is 10.6. The van der Waals surface area contributed by atoms with Gasteiger partial charge in [-0.15, -0.1) is 0 Å². The van der Waals surface area contributed by atoms with Gasteiger partial charge in [-0.1, -0.05) is 60.7 Å². The number of carboxylic acid groups (broad SMARTS) is 1. The molecular weight excluding hydrogens is 458 g/mol. The molecule has 35 heavy (non-hydrogen) atoms. The fourth-order valence-corrected chi connectivity index (χ4v) is 2.37. The Hall–Kier alpha value is -4.12. The number of aliphatic carboxylic acids is 1. The van der Waals surface area contributed by atoms with Crippen LogP contribution in [0, 0.1) is 0 Å². The van der Waals surface area contributed by atoms with Crippen molar-refractivity contribution in [3.8, 4) is 0 Å². The van der Waals surface area contributed by atoms with Crippen LogP contribution < -0.4 is 10.6 Å². The van der Waals surface area contributed by atoms with Crippen molar-refractivity contribution < 1.29 is 38.6 Å². The lowest BCUT2D eigenvalue weighted by molar-refractivity contribution is -0.170. The van der Waals surface area contributed by atoms with Crippen LogP contribution in [0.2, 0.25) is 0 Å². The molecule has 0 heterocycles. The minimum atomic E-state index is -1.10. The number of nitrogens with zero attached hydrogens (tertiary/aromatic N) is 1. The molecule has 2 aromatic carbocycles. The molecule has 0 aliphatic rings. The van der Waals surface area contributed by atoms with E-state index in [1.54, 1.807) is 6.92 Å². The van der Waals surface area contributed by atoms with Crippen LogP contribution in [0.15, 0.2) is 60.7 Å². The van der Waals surface area contributed by atoms with Crippen LogP contribution in [0.25, 0.3) is 0 Å². The van der Waals surface area contributed by atoms with Crippen LogP contribution in [-0.2, 0) is 37.1 Å². The largest absolute Gasteiger partial charge is 0.480 e. The lowest BCUT2D eigenvalue weighted by atomic mass is 10.2. The van der Waals surface area contributed by atoms with E-state index in [1.165, 1.54) is 21.1 Å². The molecule has 2 atom stereocenters. The van der Waals surface area contributed by atoms with Gasteiger partial charge in [-0.25, -0.2) is 14.7 Å². The summed E-state index contributed by atoms with van der Waals surface area (Å²) in [5, 5.41) is 14.2. The number of carboxylic acids is 1. The normalized spacial score (nSPS) is 11.5. The molecule has 11 nitrogen and oxygen atoms in total. The fraction of sp³-hybridized carbons (Fsp3) is 0.333. The second-order valence-electron chi connectivity index (χ2n) is 7.21. The molecule has 0 saturated heterocycles. The van der Waals surface area contributed by atoms with E-state index >= 15 is 0 Å². The summed E-state index contributed by atoms with van der Waals surface area (Å²) in [6, 6.07) is 16.8. The van der Waals surface area contributed by atoms with Gasteiger partial charge in [-0.2, -0.15) is 0 Å². The standard InChI is InChI=1S/C13H18N2O4.C11H13NO4/c1-10(12(16)15(2)18-3)14-13(17)19-9-11-7-5-4-6-8-11;1-8(10(13)14)12-11(15)16-7-9-5-3-2-4-6-9/h4-8,10H,9H2,1-3H3,(H,14,17);2-6,8H,7H2,1H3,(H,12,15)(H,13,14)/t10-;8-/m11/s1. The van der Waals surface area contributed by atoms with Gasteiger partial charge in [0.05, 0.1) is 7.11 Å². The molecule has 0 fully saturated rings. The molecule has 11 heteroatoms. The highest BCUT2D eigenvalue weighted by Crippen LogP contribution is 2.02. The van der Waals surface area contributed by atoms with E-state index in [0.29, 0.717) is 0 Å². The molecule has 0 spiro atoms. The van der Waals surface area contributed by atoms with Gasteiger partial charge in [0.25, 0.3) is 5.91 Å². The van der Waals surface area contributed by atoms with Crippen LogP contribution >= 0.6 is 0 Å². The number of likely N-dealkylation sites (N-methyl/N-ethyl adjacent to an activating group) is 1. The Morgan fingerprint density at radius 2 is 1.20 bits per heavy atom. The third kappa shape index (κ3) is 12.1. The number of carbonyl (C=O) groups excluding carboxylic acids is 3. The van der Waals surface area contributed by atoms with Crippen LogP contribution in [0.1, 0.15) is 25.0 Å². The van der Waals surface area contributed by atoms with Gasteiger partial charge in [-0.05, 0) is 25.0 Å². The lowest BCUT2D eigenvalue weighted by Gasteiger charge is -2.19. The Labute approximate surface area is 203 Å². The molecule has 0 unspecified atom stereocenters. The lowest BCUT2D eigenvalue weighted by Crippen LogP contribution is -2.45. The van der Waals surface area contributed by atoms with E-state index < -0.39 is 30.2 Å². The highest BCUT2D eigenvalue weighted by Gasteiger charge is 2.20. The summed E-state index contributed by atoms with van der Waals surface area (Å²) in [6.45, 7) is 3.21. The van der Waals surface area contributed by atoms with Gasteiger partial charge < -0.3 is 25.2 Å². The zero-order valence-electron chi connectivity index (χ0n) is 20.1. The highest BCUT2D eigenvalue weighted by atomic mass is 16.7. The van der Waals surface area contributed by atoms with E-state index in [0.717, 1.165) is 16.2 Å². The number of nitrogens with one attached hydrogen (secondary N) is 2. The number of hydrogen-bond acceptors (Lipinski definition) is 7. The maximum Gasteiger partial charge on any atom is 0.408 e. The second kappa shape index (κ2) is 15.7. The van der Waals surface area contributed by atoms with Crippen molar-refractivity contribution in [2.75, 3.05) is 14.2 Å². The van der Waals surface area contributed by atoms with Crippen molar-refractivity contribution in [2.45, 2.75) is 39.1 Å². The van der Waals surface area contributed by atoms with Crippen molar-refractivity contribution in [2.24, 2.45) is 0 Å². The van der Waals surface area contributed by atoms with Gasteiger partial charge in [0.1, 0.15) is 25.3 Å². The van der Waals surface area contributed by atoms with Gasteiger partial charge in [-0.3, -0.25) is 14.4 Å². The number of ether oxygens (including phenoxy) is 2. The van der Waals surface area contributed by atoms with E-state index in [-0.39, 0.29) is 19.1 Å². The molecule has 3 amide bonds. The number of amides is 3. The fourth-order valence-electron chi connectivity index (χ4n) is 2.37. The Morgan fingerprint density at radius 3 is 1.57 bits per heavy atom.